The second-order valence-electron chi connectivity index (χ2n) is 11.9. The van der Waals surface area contributed by atoms with E-state index in [1.165, 1.54) is 49.4 Å². The fraction of sp³-hybridized carbons (Fsp3) is 0.500. The average molecular weight is 662 g/mol. The molecule has 0 aromatic heterocycles. The molecule has 16 heteroatoms. The van der Waals surface area contributed by atoms with E-state index < -0.39 is 73.7 Å². The number of benzene rings is 2. The molecule has 1 saturated heterocycles. The molecule has 1 heterocycles. The molecule has 1 aliphatic heterocycles. The van der Waals surface area contributed by atoms with Gasteiger partial charge < -0.3 is 28.6 Å². The Bertz CT molecular complexity index is 1440. The van der Waals surface area contributed by atoms with Gasteiger partial charge in [-0.2, -0.15) is 0 Å². The van der Waals surface area contributed by atoms with Crippen LogP contribution in [0.15, 0.2) is 48.5 Å². The number of esters is 1. The molecule has 2 aromatic carbocycles. The lowest BCUT2D eigenvalue weighted by molar-refractivity contribution is -0.386. The highest BCUT2D eigenvalue weighted by Crippen LogP contribution is 2.36. The standard InChI is InChI=1S/C30H39N3O12Si/c1-19(2)18-46(4,5)44-15-14-25-26(20(3)45-30(37)43-17-22-11-7-9-13-24(22)33(40)41)27(34)31(25)28(35)29(36)42-16-21-10-6-8-12-23(21)32(38)39/h6-13,19-20,25-26,28,35H,14-18H2,1-5H3. The number of aliphatic hydroxyl groups is 1. The molecular weight excluding hydrogens is 622 g/mol. The van der Waals surface area contributed by atoms with Crippen molar-refractivity contribution >= 4 is 37.7 Å². The van der Waals surface area contributed by atoms with Gasteiger partial charge in [0.2, 0.25) is 12.1 Å². The summed E-state index contributed by atoms with van der Waals surface area (Å²) in [5, 5.41) is 33.4. The number of carbonyl (C=O) groups is 3. The molecule has 2 aromatic rings. The molecule has 1 amide bonds. The van der Waals surface area contributed by atoms with Crippen LogP contribution in [0.25, 0.3) is 0 Å². The number of hydrogen-bond donors (Lipinski definition) is 1. The van der Waals surface area contributed by atoms with Gasteiger partial charge >= 0.3 is 12.1 Å². The molecule has 3 rings (SSSR count). The summed E-state index contributed by atoms with van der Waals surface area (Å²) in [6.45, 7) is 8.99. The number of amides is 1. The molecule has 0 saturated carbocycles. The van der Waals surface area contributed by atoms with E-state index in [0.717, 1.165) is 10.9 Å². The minimum atomic E-state index is -2.07. The highest BCUT2D eigenvalue weighted by molar-refractivity contribution is 6.71. The highest BCUT2D eigenvalue weighted by atomic mass is 28.4. The van der Waals surface area contributed by atoms with Crippen LogP contribution in [0.1, 0.15) is 38.3 Å². The number of rotatable bonds is 16. The van der Waals surface area contributed by atoms with Gasteiger partial charge in [-0.3, -0.25) is 25.0 Å². The number of para-hydroxylation sites is 2. The van der Waals surface area contributed by atoms with E-state index in [4.69, 9.17) is 18.6 Å². The van der Waals surface area contributed by atoms with E-state index in [-0.39, 0.29) is 35.5 Å². The van der Waals surface area contributed by atoms with Gasteiger partial charge in [0.1, 0.15) is 19.3 Å². The number of aliphatic hydroxyl groups excluding tert-OH is 1. The Labute approximate surface area is 266 Å². The van der Waals surface area contributed by atoms with E-state index in [0.29, 0.717) is 5.92 Å². The molecule has 15 nitrogen and oxygen atoms in total. The first-order chi connectivity index (χ1) is 21.6. The number of carbonyl (C=O) groups excluding carboxylic acids is 3. The van der Waals surface area contributed by atoms with Gasteiger partial charge in [0.05, 0.1) is 32.9 Å². The summed E-state index contributed by atoms with van der Waals surface area (Å²) in [6.07, 6.45) is -4.07. The Morgan fingerprint density at radius 2 is 1.46 bits per heavy atom. The van der Waals surface area contributed by atoms with Gasteiger partial charge in [-0.25, -0.2) is 9.59 Å². The van der Waals surface area contributed by atoms with E-state index in [1.54, 1.807) is 6.07 Å². The maximum absolute atomic E-state index is 13.3. The second-order valence-corrected chi connectivity index (χ2v) is 16.2. The lowest BCUT2D eigenvalue weighted by Crippen LogP contribution is -2.69. The number of nitro benzene ring substituents is 2. The van der Waals surface area contributed by atoms with Crippen molar-refractivity contribution in [2.24, 2.45) is 11.8 Å². The summed E-state index contributed by atoms with van der Waals surface area (Å²) >= 11 is 0. The van der Waals surface area contributed by atoms with Gasteiger partial charge in [-0.1, -0.05) is 38.1 Å². The fourth-order valence-corrected chi connectivity index (χ4v) is 8.33. The molecular formula is C30H39N3O12Si. The van der Waals surface area contributed by atoms with Crippen LogP contribution in [0.3, 0.4) is 0 Å². The number of β-lactam (4-membered cyclic amide) rings is 1. The predicted molar refractivity (Wildman–Crippen MR) is 165 cm³/mol. The number of hydrogen-bond acceptors (Lipinski definition) is 12. The highest BCUT2D eigenvalue weighted by Gasteiger charge is 2.55. The molecule has 0 radical (unpaired) electrons. The Hall–Kier alpha value is -4.41. The van der Waals surface area contributed by atoms with Crippen LogP contribution in [-0.4, -0.2) is 71.2 Å². The van der Waals surface area contributed by atoms with Crippen molar-refractivity contribution in [3.63, 3.8) is 0 Å². The van der Waals surface area contributed by atoms with Crippen molar-refractivity contribution < 1.29 is 48.0 Å². The maximum atomic E-state index is 13.3. The molecule has 250 valence electrons. The topological polar surface area (TPSA) is 198 Å². The lowest BCUT2D eigenvalue weighted by atomic mass is 9.81. The largest absolute Gasteiger partial charge is 0.508 e. The number of nitro groups is 2. The minimum absolute atomic E-state index is 0.101. The zero-order chi connectivity index (χ0) is 34.2. The van der Waals surface area contributed by atoms with Crippen LogP contribution < -0.4 is 0 Å². The van der Waals surface area contributed by atoms with Crippen LogP contribution in [0.2, 0.25) is 19.1 Å². The Kier molecular flexibility index (Phi) is 12.3. The van der Waals surface area contributed by atoms with Crippen LogP contribution >= 0.6 is 0 Å². The maximum Gasteiger partial charge on any atom is 0.508 e. The van der Waals surface area contributed by atoms with Gasteiger partial charge in [0.25, 0.3) is 11.4 Å². The van der Waals surface area contributed by atoms with E-state index in [9.17, 15) is 39.7 Å². The third kappa shape index (κ3) is 9.31. The smallest absolute Gasteiger partial charge is 0.457 e. The van der Waals surface area contributed by atoms with E-state index in [1.807, 2.05) is 0 Å². The molecule has 46 heavy (non-hydrogen) atoms. The van der Waals surface area contributed by atoms with Crippen molar-refractivity contribution in [3.8, 4) is 0 Å². The normalized spacial score (nSPS) is 17.5. The molecule has 0 aliphatic carbocycles. The minimum Gasteiger partial charge on any atom is -0.457 e. The zero-order valence-corrected chi connectivity index (χ0v) is 27.3. The Balaban J connectivity index is 1.69. The monoisotopic (exact) mass is 661 g/mol. The summed E-state index contributed by atoms with van der Waals surface area (Å²) in [7, 11) is -2.07. The quantitative estimate of drug-likeness (QED) is 0.0856. The Morgan fingerprint density at radius 1 is 0.935 bits per heavy atom. The van der Waals surface area contributed by atoms with Crippen molar-refractivity contribution in [2.75, 3.05) is 6.61 Å². The SMILES string of the molecule is CC(C)C[Si](C)(C)OCCC1C(C(C)OC(=O)OCc2ccccc2[N+](=O)[O-])C(=O)N1C(O)C(=O)OCc1ccccc1[N+](=O)[O-]. The van der Waals surface area contributed by atoms with Crippen LogP contribution in [0, 0.1) is 32.1 Å². The first-order valence-corrected chi connectivity index (χ1v) is 17.8. The summed E-state index contributed by atoms with van der Waals surface area (Å²) in [4.78, 5) is 60.8. The van der Waals surface area contributed by atoms with Crippen molar-refractivity contribution in [1.29, 1.82) is 0 Å². The molecule has 4 unspecified atom stereocenters. The summed E-state index contributed by atoms with van der Waals surface area (Å²) in [5.74, 6) is -2.46. The number of ether oxygens (including phenoxy) is 3. The van der Waals surface area contributed by atoms with Crippen LogP contribution in [-0.2, 0) is 41.4 Å². The molecule has 0 spiro atoms. The first kappa shape index (κ1) is 36.1. The zero-order valence-electron chi connectivity index (χ0n) is 26.3. The van der Waals surface area contributed by atoms with Crippen LogP contribution in [0.5, 0.6) is 0 Å². The second kappa shape index (κ2) is 15.7. The first-order valence-electron chi connectivity index (χ1n) is 14.7. The van der Waals surface area contributed by atoms with E-state index in [2.05, 4.69) is 26.9 Å². The molecule has 1 aliphatic rings. The Morgan fingerprint density at radius 3 is 1.98 bits per heavy atom. The van der Waals surface area contributed by atoms with Gasteiger partial charge in [0, 0.05) is 18.7 Å². The van der Waals surface area contributed by atoms with Crippen molar-refractivity contribution in [1.82, 2.24) is 4.90 Å². The van der Waals surface area contributed by atoms with Gasteiger partial charge in [-0.05, 0) is 50.5 Å². The molecule has 0 bridgehead atoms. The molecule has 1 N–H and O–H groups in total. The molecule has 1 fully saturated rings. The molecule has 4 atom stereocenters. The average Bonchev–Trinajstić information content (AvgIpc) is 2.97. The number of likely N-dealkylation sites (tertiary alicyclic amines) is 1. The van der Waals surface area contributed by atoms with Crippen LogP contribution in [0.4, 0.5) is 16.2 Å². The van der Waals surface area contributed by atoms with Crippen molar-refractivity contribution in [2.45, 2.75) is 77.9 Å². The van der Waals surface area contributed by atoms with E-state index >= 15 is 0 Å². The predicted octanol–water partition coefficient (Wildman–Crippen LogP) is 4.70. The third-order valence-electron chi connectivity index (χ3n) is 7.47. The fourth-order valence-electron chi connectivity index (χ4n) is 5.58. The summed E-state index contributed by atoms with van der Waals surface area (Å²) in [6, 6.07) is 11.4. The lowest BCUT2D eigenvalue weighted by Gasteiger charge is -2.50. The number of nitrogens with zero attached hydrogens (tertiary/aromatic N) is 3. The van der Waals surface area contributed by atoms with Crippen molar-refractivity contribution in [3.05, 3.63) is 79.9 Å². The summed E-state index contributed by atoms with van der Waals surface area (Å²) < 4.78 is 21.7. The third-order valence-corrected chi connectivity index (χ3v) is 10.3. The van der Waals surface area contributed by atoms with Gasteiger partial charge in [-0.15, -0.1) is 0 Å². The van der Waals surface area contributed by atoms with Gasteiger partial charge in [0.15, 0.2) is 8.32 Å². The summed E-state index contributed by atoms with van der Waals surface area (Å²) in [5.41, 5.74) is -0.258.